The van der Waals surface area contributed by atoms with Crippen molar-refractivity contribution in [2.24, 2.45) is 11.7 Å². The number of halogens is 1. The van der Waals surface area contributed by atoms with Gasteiger partial charge in [0.05, 0.1) is 17.3 Å². The molecule has 1 amide bonds. The molecular formula is C18H24ClN3O. The Bertz CT molecular complexity index is 656. The Hall–Kier alpha value is -1.65. The number of amides is 1. The van der Waals surface area contributed by atoms with Crippen LogP contribution in [-0.2, 0) is 11.3 Å². The van der Waals surface area contributed by atoms with E-state index in [1.807, 2.05) is 30.3 Å². The number of carbonyl (C=O) groups excluding carboxylic acids is 1. The van der Waals surface area contributed by atoms with Crippen molar-refractivity contribution in [1.29, 1.82) is 0 Å². The van der Waals surface area contributed by atoms with E-state index in [1.54, 1.807) is 0 Å². The lowest BCUT2D eigenvalue weighted by Gasteiger charge is -2.28. The van der Waals surface area contributed by atoms with Gasteiger partial charge in [-0.3, -0.25) is 15.1 Å². The molecule has 1 aliphatic carbocycles. The topological polar surface area (TPSA) is 68.0 Å². The van der Waals surface area contributed by atoms with Gasteiger partial charge in [-0.05, 0) is 30.9 Å². The van der Waals surface area contributed by atoms with Crippen molar-refractivity contribution < 1.29 is 4.79 Å². The summed E-state index contributed by atoms with van der Waals surface area (Å²) in [5, 5.41) is 4.46. The quantitative estimate of drug-likeness (QED) is 0.883. The predicted octanol–water partition coefficient (Wildman–Crippen LogP) is 3.18. The zero-order valence-corrected chi connectivity index (χ0v) is 14.0. The van der Waals surface area contributed by atoms with Gasteiger partial charge in [0.15, 0.2) is 0 Å². The molecule has 23 heavy (non-hydrogen) atoms. The van der Waals surface area contributed by atoms with E-state index in [9.17, 15) is 4.79 Å². The molecule has 3 rings (SSSR count). The molecule has 0 radical (unpaired) electrons. The Balaban J connectivity index is 0.00000192. The number of nitrogens with two attached hydrogens (primary N) is 1. The van der Waals surface area contributed by atoms with Crippen molar-refractivity contribution in [3.05, 3.63) is 42.1 Å². The summed E-state index contributed by atoms with van der Waals surface area (Å²) in [7, 11) is 0. The summed E-state index contributed by atoms with van der Waals surface area (Å²) in [6.45, 7) is 0.578. The van der Waals surface area contributed by atoms with Crippen LogP contribution in [0.15, 0.2) is 36.4 Å². The number of nitrogens with one attached hydrogen (secondary N) is 1. The molecule has 1 aromatic heterocycles. The summed E-state index contributed by atoms with van der Waals surface area (Å²) >= 11 is 0. The van der Waals surface area contributed by atoms with E-state index < -0.39 is 0 Å². The number of carbonyl (C=O) groups is 1. The van der Waals surface area contributed by atoms with Gasteiger partial charge < -0.3 is 5.73 Å². The van der Waals surface area contributed by atoms with Crippen molar-refractivity contribution in [2.75, 3.05) is 0 Å². The van der Waals surface area contributed by atoms with Crippen molar-refractivity contribution in [1.82, 2.24) is 10.3 Å². The number of hydrogen-bond acceptors (Lipinski definition) is 3. The standard InChI is InChI=1S/C18H23N3O.ClH/c19-18(22)17(14-7-2-1-3-8-14)20-12-15-11-10-13-6-4-5-9-16(13)21-15;/h4-6,9-11,14,17,20H,1-3,7-8,12H2,(H2,19,22);1H. The highest BCUT2D eigenvalue weighted by atomic mass is 35.5. The number of hydrogen-bond donors (Lipinski definition) is 2. The number of fused-ring (bicyclic) bond motifs is 1. The molecule has 1 aliphatic rings. The monoisotopic (exact) mass is 333 g/mol. The third-order valence-electron chi connectivity index (χ3n) is 4.59. The van der Waals surface area contributed by atoms with Gasteiger partial charge in [0, 0.05) is 11.9 Å². The minimum absolute atomic E-state index is 0. The molecule has 0 saturated heterocycles. The molecule has 0 aliphatic heterocycles. The van der Waals surface area contributed by atoms with Crippen LogP contribution in [0, 0.1) is 5.92 Å². The first-order valence-corrected chi connectivity index (χ1v) is 8.11. The number of primary amides is 1. The normalized spacial score (nSPS) is 16.7. The van der Waals surface area contributed by atoms with E-state index in [0.717, 1.165) is 29.4 Å². The number of nitrogens with zero attached hydrogens (tertiary/aromatic N) is 1. The lowest BCUT2D eigenvalue weighted by molar-refractivity contribution is -0.121. The largest absolute Gasteiger partial charge is 0.368 e. The van der Waals surface area contributed by atoms with Crippen molar-refractivity contribution in [3.63, 3.8) is 0 Å². The molecule has 0 bridgehead atoms. The molecule has 1 unspecified atom stereocenters. The first-order valence-electron chi connectivity index (χ1n) is 8.11. The van der Waals surface area contributed by atoms with Gasteiger partial charge in [-0.15, -0.1) is 12.4 Å². The average Bonchev–Trinajstić information content (AvgIpc) is 2.55. The number of para-hydroxylation sites is 1. The summed E-state index contributed by atoms with van der Waals surface area (Å²) in [5.41, 5.74) is 7.53. The van der Waals surface area contributed by atoms with E-state index >= 15 is 0 Å². The molecule has 124 valence electrons. The van der Waals surface area contributed by atoms with E-state index in [4.69, 9.17) is 5.73 Å². The van der Waals surface area contributed by atoms with Crippen LogP contribution in [0.5, 0.6) is 0 Å². The molecule has 1 atom stereocenters. The maximum atomic E-state index is 11.8. The van der Waals surface area contributed by atoms with Gasteiger partial charge in [0.25, 0.3) is 0 Å². The third-order valence-corrected chi connectivity index (χ3v) is 4.59. The highest BCUT2D eigenvalue weighted by molar-refractivity contribution is 5.85. The van der Waals surface area contributed by atoms with Crippen molar-refractivity contribution >= 4 is 29.2 Å². The third kappa shape index (κ3) is 4.43. The lowest BCUT2D eigenvalue weighted by atomic mass is 9.83. The Kier molecular flexibility index (Phi) is 6.37. The van der Waals surface area contributed by atoms with Crippen LogP contribution < -0.4 is 11.1 Å². The fourth-order valence-electron chi connectivity index (χ4n) is 3.39. The smallest absolute Gasteiger partial charge is 0.234 e. The minimum Gasteiger partial charge on any atom is -0.368 e. The first-order chi connectivity index (χ1) is 10.7. The molecule has 1 aromatic carbocycles. The Morgan fingerprint density at radius 2 is 1.91 bits per heavy atom. The Labute approximate surface area is 143 Å². The number of pyridine rings is 1. The van der Waals surface area contributed by atoms with Gasteiger partial charge >= 0.3 is 0 Å². The number of rotatable bonds is 5. The molecule has 1 saturated carbocycles. The van der Waals surface area contributed by atoms with Crippen molar-refractivity contribution in [2.45, 2.75) is 44.7 Å². The highest BCUT2D eigenvalue weighted by Gasteiger charge is 2.27. The molecule has 4 nitrogen and oxygen atoms in total. The van der Waals surface area contributed by atoms with Gasteiger partial charge in [-0.2, -0.15) is 0 Å². The second-order valence-electron chi connectivity index (χ2n) is 6.15. The average molecular weight is 334 g/mol. The SMILES string of the molecule is Cl.NC(=O)C(NCc1ccc2ccccc2n1)C1CCCCC1. The molecule has 0 spiro atoms. The molecule has 1 heterocycles. The van der Waals surface area contributed by atoms with Gasteiger partial charge in [-0.25, -0.2) is 0 Å². The molecular weight excluding hydrogens is 310 g/mol. The van der Waals surface area contributed by atoms with Crippen LogP contribution in [0.1, 0.15) is 37.8 Å². The maximum absolute atomic E-state index is 11.8. The Morgan fingerprint density at radius 1 is 1.17 bits per heavy atom. The fraction of sp³-hybridized carbons (Fsp3) is 0.444. The maximum Gasteiger partial charge on any atom is 0.234 e. The number of aromatic nitrogens is 1. The van der Waals surface area contributed by atoms with Gasteiger partial charge in [0.1, 0.15) is 0 Å². The summed E-state index contributed by atoms with van der Waals surface area (Å²) in [6.07, 6.45) is 5.85. The lowest BCUT2D eigenvalue weighted by Crippen LogP contribution is -2.46. The van der Waals surface area contributed by atoms with Crippen molar-refractivity contribution in [3.8, 4) is 0 Å². The zero-order chi connectivity index (χ0) is 15.4. The van der Waals surface area contributed by atoms with Crippen LogP contribution in [-0.4, -0.2) is 16.9 Å². The van der Waals surface area contributed by atoms with Crippen LogP contribution in [0.2, 0.25) is 0 Å². The Morgan fingerprint density at radius 3 is 2.65 bits per heavy atom. The summed E-state index contributed by atoms with van der Waals surface area (Å²) < 4.78 is 0. The highest BCUT2D eigenvalue weighted by Crippen LogP contribution is 2.26. The fourth-order valence-corrected chi connectivity index (χ4v) is 3.39. The van der Waals surface area contributed by atoms with Gasteiger partial charge in [0.2, 0.25) is 5.91 Å². The van der Waals surface area contributed by atoms with Crippen LogP contribution >= 0.6 is 12.4 Å². The zero-order valence-electron chi connectivity index (χ0n) is 13.2. The molecule has 3 N–H and O–H groups in total. The molecule has 2 aromatic rings. The number of benzene rings is 1. The van der Waals surface area contributed by atoms with Crippen LogP contribution in [0.25, 0.3) is 10.9 Å². The molecule has 5 heteroatoms. The summed E-state index contributed by atoms with van der Waals surface area (Å²) in [6, 6.07) is 11.9. The van der Waals surface area contributed by atoms with E-state index in [2.05, 4.69) is 16.4 Å². The van der Waals surface area contributed by atoms with E-state index in [-0.39, 0.29) is 24.4 Å². The minimum atomic E-state index is -0.243. The van der Waals surface area contributed by atoms with Crippen LogP contribution in [0.3, 0.4) is 0 Å². The van der Waals surface area contributed by atoms with E-state index in [1.165, 1.54) is 19.3 Å². The first kappa shape index (κ1) is 17.7. The predicted molar refractivity (Wildman–Crippen MR) is 95.4 cm³/mol. The van der Waals surface area contributed by atoms with Gasteiger partial charge in [-0.1, -0.05) is 43.5 Å². The summed E-state index contributed by atoms with van der Waals surface area (Å²) in [5.74, 6) is 0.124. The van der Waals surface area contributed by atoms with Crippen LogP contribution in [0.4, 0.5) is 0 Å². The second-order valence-corrected chi connectivity index (χ2v) is 6.15. The summed E-state index contributed by atoms with van der Waals surface area (Å²) in [4.78, 5) is 16.4. The molecule has 1 fully saturated rings. The van der Waals surface area contributed by atoms with E-state index in [0.29, 0.717) is 12.5 Å². The second kappa shape index (κ2) is 8.27.